The lowest BCUT2D eigenvalue weighted by atomic mass is 9.33. The maximum Gasteiger partial charge on any atom is 0.252 e. The molecule has 2 nitrogen and oxygen atoms in total. The summed E-state index contributed by atoms with van der Waals surface area (Å²) < 4.78 is 233. The largest absolute Gasteiger partial charge is 0.311 e. The van der Waals surface area contributed by atoms with Gasteiger partial charge in [-0.15, -0.1) is 0 Å². The molecule has 3 heteroatoms. The van der Waals surface area contributed by atoms with E-state index in [0.29, 0.717) is 0 Å². The Morgan fingerprint density at radius 3 is 1.26 bits per heavy atom. The highest BCUT2D eigenvalue weighted by molar-refractivity contribution is 7.00. The van der Waals surface area contributed by atoms with Crippen molar-refractivity contribution in [1.82, 2.24) is 0 Å². The highest BCUT2D eigenvalue weighted by Crippen LogP contribution is 2.46. The van der Waals surface area contributed by atoms with Crippen LogP contribution in [-0.4, -0.2) is 6.71 Å². The van der Waals surface area contributed by atoms with Crippen molar-refractivity contribution in [2.24, 2.45) is 0 Å². The van der Waals surface area contributed by atoms with E-state index in [-0.39, 0.29) is 16.4 Å². The first-order valence-electron chi connectivity index (χ1n) is 26.9. The van der Waals surface area contributed by atoms with Crippen LogP contribution in [0.4, 0.5) is 34.1 Å². The van der Waals surface area contributed by atoms with E-state index in [2.05, 4.69) is 0 Å². The molecule has 0 N–H and O–H groups in total. The molecule has 216 valence electrons. The van der Waals surface area contributed by atoms with Crippen LogP contribution < -0.4 is 26.2 Å². The van der Waals surface area contributed by atoms with Crippen molar-refractivity contribution in [1.29, 1.82) is 0 Å². The number of hydrogen-bond donors (Lipinski definition) is 0. The van der Waals surface area contributed by atoms with E-state index < -0.39 is 221 Å². The molecule has 0 unspecified atom stereocenters. The smallest absolute Gasteiger partial charge is 0.252 e. The Balaban J connectivity index is 1.63. The van der Waals surface area contributed by atoms with E-state index in [1.54, 1.807) is 0 Å². The van der Waals surface area contributed by atoms with Crippen molar-refractivity contribution in [3.05, 3.63) is 198 Å². The molecule has 0 aliphatic carbocycles. The zero-order valence-electron chi connectivity index (χ0n) is 49.4. The predicted octanol–water partition coefficient (Wildman–Crippen LogP) is 8.95. The summed E-state index contributed by atoms with van der Waals surface area (Å²) in [6, 6.07) is -17.7. The Morgan fingerprint density at radius 1 is 0.413 bits per heavy atom. The molecule has 0 fully saturated rings. The standard InChI is InChI=1S/C43H31BN2/c1-5-17-31(18-6-1)42(32-19-7-2-8-20-32)33-29-40-43-41(30-33)46(35-23-11-4-12-24-35)39-28-16-14-26-37(39)44(43)36-25-13-15-27-38(36)45(40)34-21-9-3-10-22-34/h1-30,42H/i1D,2D,3D,4D,5D,6D,7D,8D,9D,10D,11D,12D,15D,16D,17D,18D,19D,20D,21D,22D,23D,24D,25D,26D,27D,28D. The molecule has 9 rings (SSSR count). The van der Waals surface area contributed by atoms with Crippen LogP contribution in [0.2, 0.25) is 0 Å². The van der Waals surface area contributed by atoms with Crippen LogP contribution in [0, 0.1) is 0 Å². The van der Waals surface area contributed by atoms with Gasteiger partial charge >= 0.3 is 0 Å². The molecule has 7 aromatic rings. The van der Waals surface area contributed by atoms with E-state index in [1.807, 2.05) is 0 Å². The first kappa shape index (κ1) is 11.2. The summed E-state index contributed by atoms with van der Waals surface area (Å²) in [5, 5.41) is 0. The van der Waals surface area contributed by atoms with Gasteiger partial charge in [-0.25, -0.2) is 0 Å². The number of nitrogens with zero attached hydrogens (tertiary/aromatic N) is 2. The molecule has 0 bridgehead atoms. The zero-order valence-corrected chi connectivity index (χ0v) is 23.4. The quantitative estimate of drug-likeness (QED) is 0.141. The van der Waals surface area contributed by atoms with Crippen LogP contribution in [0.5, 0.6) is 0 Å². The fraction of sp³-hybridized carbons (Fsp3) is 0.0233. The van der Waals surface area contributed by atoms with E-state index >= 15 is 0 Å². The molecule has 0 aromatic heterocycles. The van der Waals surface area contributed by atoms with E-state index in [4.69, 9.17) is 19.2 Å². The molecule has 0 saturated heterocycles. The van der Waals surface area contributed by atoms with Gasteiger partial charge in [0.15, 0.2) is 0 Å². The zero-order chi connectivity index (χ0) is 53.1. The SMILES string of the molecule is [2H]c1cc([2H])c2c(c1[2H])N(c1c([2H])c([2H])c([2H])c([2H])c1[2H])c1cc(C(c3c([2H])c([2H])c([2H])c([2H])c3[2H])c3c([2H])c([2H])c([2H])c([2H])c3[2H])cc3c1B2c1c([2H])cc([2H])c([2H])c1N3c1c([2H])c([2H])c([2H])c([2H])c1[2H]. The lowest BCUT2D eigenvalue weighted by Crippen LogP contribution is -2.61. The lowest BCUT2D eigenvalue weighted by Gasteiger charge is -2.44. The summed E-state index contributed by atoms with van der Waals surface area (Å²) in [5.41, 5.74) is -5.69. The number of rotatable bonds is 5. The van der Waals surface area contributed by atoms with Gasteiger partial charge in [0.25, 0.3) is 6.71 Å². The Bertz CT molecular complexity index is 3310. The molecular formula is C43H31BN2. The normalized spacial score (nSPS) is 20.8. The van der Waals surface area contributed by atoms with Crippen molar-refractivity contribution < 1.29 is 35.6 Å². The second-order valence-electron chi connectivity index (χ2n) is 10.2. The third kappa shape index (κ3) is 4.20. The number of fused-ring (bicyclic) bond motifs is 4. The third-order valence-electron chi connectivity index (χ3n) is 7.81. The molecule has 0 radical (unpaired) electrons. The molecule has 7 aromatic carbocycles. The van der Waals surface area contributed by atoms with Crippen molar-refractivity contribution >= 4 is 57.2 Å². The Labute approximate surface area is 307 Å². The summed E-state index contributed by atoms with van der Waals surface area (Å²) in [6.45, 7) is -1.59. The molecule has 46 heavy (non-hydrogen) atoms. The summed E-state index contributed by atoms with van der Waals surface area (Å²) in [7, 11) is 0. The van der Waals surface area contributed by atoms with Crippen LogP contribution in [-0.2, 0) is 0 Å². The molecule has 0 spiro atoms. The maximum atomic E-state index is 9.47. The van der Waals surface area contributed by atoms with Crippen molar-refractivity contribution in [3.63, 3.8) is 0 Å². The predicted molar refractivity (Wildman–Crippen MR) is 194 cm³/mol. The molecule has 0 atom stereocenters. The number of para-hydroxylation sites is 4. The van der Waals surface area contributed by atoms with E-state index in [9.17, 15) is 16.4 Å². The number of anilines is 6. The van der Waals surface area contributed by atoms with Crippen LogP contribution in [0.15, 0.2) is 181 Å². The molecule has 2 aliphatic rings. The molecule has 2 heterocycles. The highest BCUT2D eigenvalue weighted by atomic mass is 15.2. The minimum Gasteiger partial charge on any atom is -0.311 e. The average molecular weight is 613 g/mol. The monoisotopic (exact) mass is 612 g/mol. The van der Waals surface area contributed by atoms with Gasteiger partial charge in [-0.05, 0) is 81.5 Å². The van der Waals surface area contributed by atoms with Crippen LogP contribution in [0.25, 0.3) is 0 Å². The second kappa shape index (κ2) is 11.0. The minimum atomic E-state index is -2.08. The summed E-state index contributed by atoms with van der Waals surface area (Å²) in [5.74, 6) is -2.08. The third-order valence-corrected chi connectivity index (χ3v) is 7.81. The Morgan fingerprint density at radius 2 is 0.826 bits per heavy atom. The van der Waals surface area contributed by atoms with Crippen LogP contribution in [0.3, 0.4) is 0 Å². The van der Waals surface area contributed by atoms with Gasteiger partial charge < -0.3 is 9.80 Å². The topological polar surface area (TPSA) is 6.48 Å². The molecule has 0 amide bonds. The second-order valence-corrected chi connectivity index (χ2v) is 10.2. The highest BCUT2D eigenvalue weighted by Gasteiger charge is 2.43. The van der Waals surface area contributed by atoms with Crippen LogP contribution in [0.1, 0.15) is 58.2 Å². The molecular weight excluding hydrogens is 555 g/mol. The van der Waals surface area contributed by atoms with Gasteiger partial charge in [-0.3, -0.25) is 0 Å². The van der Waals surface area contributed by atoms with Crippen LogP contribution >= 0.6 is 0 Å². The van der Waals surface area contributed by atoms with Gasteiger partial charge in [0.2, 0.25) is 0 Å². The molecule has 2 aliphatic heterocycles. The van der Waals surface area contributed by atoms with Crippen molar-refractivity contribution in [2.45, 2.75) is 5.92 Å². The van der Waals surface area contributed by atoms with Gasteiger partial charge in [0.1, 0.15) is 0 Å². The average Bonchev–Trinajstić information content (AvgIpc) is 3.34. The first-order valence-corrected chi connectivity index (χ1v) is 13.9. The minimum absolute atomic E-state index is 0.186. The molecule has 0 saturated carbocycles. The summed E-state index contributed by atoms with van der Waals surface area (Å²) in [4.78, 5) is 1.87. The van der Waals surface area contributed by atoms with Gasteiger partial charge in [-0.1, -0.05) is 133 Å². The summed E-state index contributed by atoms with van der Waals surface area (Å²) in [6.07, 6.45) is 0. The lowest BCUT2D eigenvalue weighted by molar-refractivity contribution is 0.975. The first-order chi connectivity index (χ1) is 33.6. The van der Waals surface area contributed by atoms with E-state index in [0.717, 1.165) is 34.1 Å². The van der Waals surface area contributed by atoms with Crippen molar-refractivity contribution in [2.75, 3.05) is 9.80 Å². The fourth-order valence-electron chi connectivity index (χ4n) is 6.11. The van der Waals surface area contributed by atoms with E-state index in [1.165, 1.54) is 0 Å². The Kier molecular flexibility index (Phi) is 2.68. The maximum absolute atomic E-state index is 9.47. The fourth-order valence-corrected chi connectivity index (χ4v) is 6.11. The Hall–Kier alpha value is -5.80. The van der Waals surface area contributed by atoms with Gasteiger partial charge in [-0.2, -0.15) is 0 Å². The van der Waals surface area contributed by atoms with Crippen molar-refractivity contribution in [3.8, 4) is 0 Å². The number of hydrogen-bond acceptors (Lipinski definition) is 2. The van der Waals surface area contributed by atoms with Gasteiger partial charge in [0, 0.05) is 40.0 Å². The number of benzene rings is 7. The van der Waals surface area contributed by atoms with Gasteiger partial charge in [0.05, 0.1) is 35.6 Å². The summed E-state index contributed by atoms with van der Waals surface area (Å²) >= 11 is 0.